The van der Waals surface area contributed by atoms with Crippen molar-refractivity contribution < 1.29 is 23.1 Å². The van der Waals surface area contributed by atoms with Gasteiger partial charge in [0.2, 0.25) is 0 Å². The third-order valence-electron chi connectivity index (χ3n) is 6.27. The highest BCUT2D eigenvalue weighted by Crippen LogP contribution is 2.22. The van der Waals surface area contributed by atoms with Gasteiger partial charge in [-0.05, 0) is 37.5 Å². The van der Waals surface area contributed by atoms with Gasteiger partial charge in [0.15, 0.2) is 0 Å². The molecular formula is C26H39F2NO3. The van der Waals surface area contributed by atoms with Gasteiger partial charge in [-0.1, -0.05) is 71.1 Å². The second kappa shape index (κ2) is 15.0. The molecular weight excluding hydrogens is 412 g/mol. The predicted octanol–water partition coefficient (Wildman–Crippen LogP) is 6.67. The molecule has 0 atom stereocenters. The summed E-state index contributed by atoms with van der Waals surface area (Å²) < 4.78 is 32.6. The number of carbonyl (C=O) groups excluding carboxylic acids is 2. The van der Waals surface area contributed by atoms with E-state index in [4.69, 9.17) is 4.74 Å². The van der Waals surface area contributed by atoms with Gasteiger partial charge in [-0.15, -0.1) is 0 Å². The molecule has 1 aromatic carbocycles. The van der Waals surface area contributed by atoms with Crippen LogP contribution in [0.5, 0.6) is 0 Å². The predicted molar refractivity (Wildman–Crippen MR) is 122 cm³/mol. The van der Waals surface area contributed by atoms with Crippen LogP contribution < -0.4 is 0 Å². The fourth-order valence-corrected chi connectivity index (χ4v) is 4.21. The van der Waals surface area contributed by atoms with Crippen LogP contribution >= 0.6 is 0 Å². The largest absolute Gasteiger partial charge is 0.465 e. The van der Waals surface area contributed by atoms with Crippen molar-refractivity contribution in [2.24, 2.45) is 5.92 Å². The Kier molecular flexibility index (Phi) is 12.3. The molecule has 0 N–H and O–H groups in total. The number of halogens is 2. The molecule has 1 saturated heterocycles. The van der Waals surface area contributed by atoms with Crippen LogP contribution in [0.2, 0.25) is 0 Å². The van der Waals surface area contributed by atoms with Gasteiger partial charge in [0.05, 0.1) is 18.1 Å². The number of ether oxygens (including phenoxy) is 1. The maximum Gasteiger partial charge on any atom is 0.309 e. The van der Waals surface area contributed by atoms with Crippen molar-refractivity contribution >= 4 is 11.9 Å². The number of hydrogen-bond donors (Lipinski definition) is 0. The number of carbonyl (C=O) groups is 2. The summed E-state index contributed by atoms with van der Waals surface area (Å²) in [6.07, 6.45) is 14.7. The molecule has 0 aliphatic carbocycles. The Labute approximate surface area is 191 Å². The first-order valence-corrected chi connectivity index (χ1v) is 12.4. The Morgan fingerprint density at radius 3 is 2.06 bits per heavy atom. The molecule has 1 amide bonds. The van der Waals surface area contributed by atoms with E-state index >= 15 is 0 Å². The highest BCUT2D eigenvalue weighted by molar-refractivity contribution is 5.94. The van der Waals surface area contributed by atoms with Crippen molar-refractivity contribution in [1.29, 1.82) is 0 Å². The van der Waals surface area contributed by atoms with Gasteiger partial charge in [0.1, 0.15) is 11.6 Å². The first-order valence-electron chi connectivity index (χ1n) is 12.4. The number of rotatable bonds is 14. The van der Waals surface area contributed by atoms with E-state index in [0.29, 0.717) is 32.5 Å². The van der Waals surface area contributed by atoms with Gasteiger partial charge in [0.25, 0.3) is 5.91 Å². The van der Waals surface area contributed by atoms with Gasteiger partial charge in [-0.3, -0.25) is 9.59 Å². The van der Waals surface area contributed by atoms with E-state index in [1.807, 2.05) is 0 Å². The van der Waals surface area contributed by atoms with Gasteiger partial charge < -0.3 is 9.64 Å². The minimum Gasteiger partial charge on any atom is -0.465 e. The van der Waals surface area contributed by atoms with Crippen LogP contribution in [0.25, 0.3) is 0 Å². The number of likely N-dealkylation sites (tertiary alicyclic amines) is 1. The molecule has 2 rings (SSSR count). The van der Waals surface area contributed by atoms with E-state index in [0.717, 1.165) is 31.0 Å². The minimum absolute atomic E-state index is 0.207. The molecule has 4 nitrogen and oxygen atoms in total. The number of nitrogens with zero attached hydrogens (tertiary/aromatic N) is 1. The zero-order chi connectivity index (χ0) is 23.2. The molecule has 0 spiro atoms. The highest BCUT2D eigenvalue weighted by atomic mass is 19.1. The van der Waals surface area contributed by atoms with Crippen LogP contribution in [0.4, 0.5) is 8.78 Å². The summed E-state index contributed by atoms with van der Waals surface area (Å²) >= 11 is 0. The number of benzene rings is 1. The summed E-state index contributed by atoms with van der Waals surface area (Å²) in [5, 5.41) is 0. The van der Waals surface area contributed by atoms with Crippen LogP contribution in [-0.2, 0) is 9.53 Å². The highest BCUT2D eigenvalue weighted by Gasteiger charge is 2.29. The summed E-state index contributed by atoms with van der Waals surface area (Å²) in [5.74, 6) is -2.35. The van der Waals surface area contributed by atoms with Crippen molar-refractivity contribution in [3.63, 3.8) is 0 Å². The average molecular weight is 452 g/mol. The van der Waals surface area contributed by atoms with Gasteiger partial charge in [0, 0.05) is 13.1 Å². The summed E-state index contributed by atoms with van der Waals surface area (Å²) in [7, 11) is 0. The lowest BCUT2D eigenvalue weighted by Crippen LogP contribution is -2.41. The topological polar surface area (TPSA) is 46.6 Å². The van der Waals surface area contributed by atoms with Crippen molar-refractivity contribution in [2.45, 2.75) is 90.4 Å². The van der Waals surface area contributed by atoms with Gasteiger partial charge in [-0.25, -0.2) is 8.78 Å². The first-order chi connectivity index (χ1) is 15.5. The molecule has 0 unspecified atom stereocenters. The third kappa shape index (κ3) is 9.25. The van der Waals surface area contributed by atoms with Crippen molar-refractivity contribution in [3.8, 4) is 0 Å². The maximum atomic E-state index is 13.8. The monoisotopic (exact) mass is 451 g/mol. The van der Waals surface area contributed by atoms with Crippen molar-refractivity contribution in [3.05, 3.63) is 35.4 Å². The Morgan fingerprint density at radius 1 is 0.906 bits per heavy atom. The second-order valence-corrected chi connectivity index (χ2v) is 8.89. The van der Waals surface area contributed by atoms with Crippen molar-refractivity contribution in [2.75, 3.05) is 19.7 Å². The Morgan fingerprint density at radius 2 is 1.47 bits per heavy atom. The second-order valence-electron chi connectivity index (χ2n) is 8.89. The SMILES string of the molecule is CCCCCCCCCCCCCOC(=O)C1CCN(C(=O)c2cc(F)ccc2F)CC1. The van der Waals surface area contributed by atoms with Crippen LogP contribution in [0, 0.1) is 17.6 Å². The van der Waals surface area contributed by atoms with E-state index < -0.39 is 17.5 Å². The van der Waals surface area contributed by atoms with E-state index in [1.54, 1.807) is 0 Å². The normalized spacial score (nSPS) is 14.5. The molecule has 180 valence electrons. The quantitative estimate of drug-likeness (QED) is 0.234. The average Bonchev–Trinajstić information content (AvgIpc) is 2.81. The summed E-state index contributed by atoms with van der Waals surface area (Å²) in [6, 6.07) is 2.87. The van der Waals surface area contributed by atoms with E-state index in [-0.39, 0.29) is 17.5 Å². The standard InChI is InChI=1S/C26H39F2NO3/c1-2-3-4-5-6-7-8-9-10-11-12-19-32-26(31)21-15-17-29(18-16-21)25(30)23-20-22(27)13-14-24(23)28/h13-14,20-21H,2-12,15-19H2,1H3. The fourth-order valence-electron chi connectivity index (χ4n) is 4.21. The number of unbranched alkanes of at least 4 members (excludes halogenated alkanes) is 10. The van der Waals surface area contributed by atoms with Crippen LogP contribution in [0.1, 0.15) is 101 Å². The Bertz CT molecular complexity index is 702. The van der Waals surface area contributed by atoms with E-state index in [9.17, 15) is 18.4 Å². The number of hydrogen-bond acceptors (Lipinski definition) is 3. The molecule has 1 fully saturated rings. The Balaban J connectivity index is 1.53. The van der Waals surface area contributed by atoms with Crippen LogP contribution in [-0.4, -0.2) is 36.5 Å². The molecule has 6 heteroatoms. The molecule has 0 saturated carbocycles. The van der Waals surface area contributed by atoms with Crippen molar-refractivity contribution in [1.82, 2.24) is 4.90 Å². The lowest BCUT2D eigenvalue weighted by atomic mass is 9.96. The summed E-state index contributed by atoms with van der Waals surface area (Å²) in [5.41, 5.74) is -0.262. The zero-order valence-corrected chi connectivity index (χ0v) is 19.6. The van der Waals surface area contributed by atoms with E-state index in [1.165, 1.54) is 62.7 Å². The summed E-state index contributed by atoms with van der Waals surface area (Å²) in [6.45, 7) is 3.37. The molecule has 1 aromatic rings. The van der Waals surface area contributed by atoms with E-state index in [2.05, 4.69) is 6.92 Å². The molecule has 0 bridgehead atoms. The molecule has 1 aliphatic heterocycles. The lowest BCUT2D eigenvalue weighted by Gasteiger charge is -2.31. The molecule has 32 heavy (non-hydrogen) atoms. The number of esters is 1. The minimum atomic E-state index is -0.732. The maximum absolute atomic E-state index is 13.8. The Hall–Kier alpha value is -1.98. The number of amides is 1. The van der Waals surface area contributed by atoms with Gasteiger partial charge in [-0.2, -0.15) is 0 Å². The lowest BCUT2D eigenvalue weighted by molar-refractivity contribution is -0.150. The zero-order valence-electron chi connectivity index (χ0n) is 19.6. The molecule has 0 radical (unpaired) electrons. The third-order valence-corrected chi connectivity index (χ3v) is 6.27. The molecule has 1 aliphatic rings. The molecule has 1 heterocycles. The van der Waals surface area contributed by atoms with Crippen LogP contribution in [0.3, 0.4) is 0 Å². The molecule has 0 aromatic heterocycles. The van der Waals surface area contributed by atoms with Crippen LogP contribution in [0.15, 0.2) is 18.2 Å². The summed E-state index contributed by atoms with van der Waals surface area (Å²) in [4.78, 5) is 26.2. The fraction of sp³-hybridized carbons (Fsp3) is 0.692. The smallest absolute Gasteiger partial charge is 0.309 e. The van der Waals surface area contributed by atoms with Gasteiger partial charge >= 0.3 is 5.97 Å². The number of piperidine rings is 1. The first kappa shape index (κ1) is 26.3.